The van der Waals surface area contributed by atoms with E-state index < -0.39 is 0 Å². The number of fused-ring (bicyclic) bond motifs is 1. The summed E-state index contributed by atoms with van der Waals surface area (Å²) in [6.45, 7) is 0. The minimum atomic E-state index is -0.117. The quantitative estimate of drug-likeness (QED) is 0.883. The van der Waals surface area contributed by atoms with Crippen LogP contribution in [0, 0.1) is 0 Å². The van der Waals surface area contributed by atoms with E-state index in [0.717, 1.165) is 12.8 Å². The number of hydrogen-bond acceptors (Lipinski definition) is 3. The first-order valence-electron chi connectivity index (χ1n) is 6.47. The summed E-state index contributed by atoms with van der Waals surface area (Å²) in [5.74, 6) is 0.692. The SMILES string of the molecule is O=c1[nH]cc(OC2CCCCC2)c2ncccc12. The molecule has 0 radical (unpaired) electrons. The van der Waals surface area contributed by atoms with Crippen LogP contribution in [0.25, 0.3) is 10.9 Å². The van der Waals surface area contributed by atoms with Gasteiger partial charge in [-0.3, -0.25) is 9.78 Å². The van der Waals surface area contributed by atoms with Crippen molar-refractivity contribution in [3.8, 4) is 5.75 Å². The van der Waals surface area contributed by atoms with E-state index in [9.17, 15) is 4.79 Å². The number of aromatic amines is 1. The predicted molar refractivity (Wildman–Crippen MR) is 69.9 cm³/mol. The Morgan fingerprint density at radius 3 is 2.94 bits per heavy atom. The third-order valence-electron chi connectivity index (χ3n) is 3.47. The van der Waals surface area contributed by atoms with Crippen LogP contribution in [-0.2, 0) is 0 Å². The third kappa shape index (κ3) is 2.10. The van der Waals surface area contributed by atoms with Crippen molar-refractivity contribution in [2.45, 2.75) is 38.2 Å². The molecule has 1 aliphatic carbocycles. The van der Waals surface area contributed by atoms with Crippen molar-refractivity contribution in [1.29, 1.82) is 0 Å². The molecule has 18 heavy (non-hydrogen) atoms. The molecule has 0 atom stereocenters. The van der Waals surface area contributed by atoms with Crippen molar-refractivity contribution >= 4 is 10.9 Å². The lowest BCUT2D eigenvalue weighted by atomic mass is 9.98. The Labute approximate surface area is 105 Å². The van der Waals surface area contributed by atoms with Gasteiger partial charge in [-0.15, -0.1) is 0 Å². The van der Waals surface area contributed by atoms with Gasteiger partial charge < -0.3 is 9.72 Å². The van der Waals surface area contributed by atoms with Crippen LogP contribution in [0.3, 0.4) is 0 Å². The van der Waals surface area contributed by atoms with Crippen LogP contribution in [-0.4, -0.2) is 16.1 Å². The maximum atomic E-state index is 11.7. The smallest absolute Gasteiger partial charge is 0.257 e. The first kappa shape index (κ1) is 11.3. The highest BCUT2D eigenvalue weighted by molar-refractivity contribution is 5.82. The minimum Gasteiger partial charge on any atom is -0.487 e. The molecule has 1 saturated carbocycles. The fourth-order valence-corrected chi connectivity index (χ4v) is 2.51. The van der Waals surface area contributed by atoms with Gasteiger partial charge in [-0.1, -0.05) is 6.42 Å². The van der Waals surface area contributed by atoms with Gasteiger partial charge in [0.1, 0.15) is 5.52 Å². The van der Waals surface area contributed by atoms with E-state index in [1.807, 2.05) is 0 Å². The predicted octanol–water partition coefficient (Wildman–Crippen LogP) is 2.63. The average molecular weight is 244 g/mol. The molecule has 94 valence electrons. The summed E-state index contributed by atoms with van der Waals surface area (Å²) in [5.41, 5.74) is 0.543. The number of nitrogens with zero attached hydrogens (tertiary/aromatic N) is 1. The van der Waals surface area contributed by atoms with Crippen molar-refractivity contribution in [3.63, 3.8) is 0 Å². The van der Waals surface area contributed by atoms with Crippen LogP contribution in [0.5, 0.6) is 5.75 Å². The minimum absolute atomic E-state index is 0.117. The van der Waals surface area contributed by atoms with E-state index in [1.165, 1.54) is 19.3 Å². The summed E-state index contributed by atoms with van der Waals surface area (Å²) in [4.78, 5) is 18.6. The topological polar surface area (TPSA) is 55.0 Å². The molecule has 0 aliphatic heterocycles. The number of hydrogen-bond donors (Lipinski definition) is 1. The molecule has 0 saturated heterocycles. The molecule has 2 heterocycles. The summed E-state index contributed by atoms with van der Waals surface area (Å²) in [6.07, 6.45) is 9.50. The molecule has 2 aromatic heterocycles. The number of ether oxygens (including phenoxy) is 1. The number of H-pyrrole nitrogens is 1. The van der Waals surface area contributed by atoms with E-state index >= 15 is 0 Å². The lowest BCUT2D eigenvalue weighted by Gasteiger charge is -2.23. The molecule has 4 heteroatoms. The Morgan fingerprint density at radius 1 is 1.28 bits per heavy atom. The number of aromatic nitrogens is 2. The maximum Gasteiger partial charge on any atom is 0.257 e. The van der Waals surface area contributed by atoms with E-state index in [4.69, 9.17) is 4.74 Å². The highest BCUT2D eigenvalue weighted by Crippen LogP contribution is 2.26. The highest BCUT2D eigenvalue weighted by atomic mass is 16.5. The van der Waals surface area contributed by atoms with E-state index in [1.54, 1.807) is 24.5 Å². The highest BCUT2D eigenvalue weighted by Gasteiger charge is 2.16. The van der Waals surface area contributed by atoms with E-state index in [2.05, 4.69) is 9.97 Å². The lowest BCUT2D eigenvalue weighted by Crippen LogP contribution is -2.20. The van der Waals surface area contributed by atoms with Crippen LogP contribution < -0.4 is 10.3 Å². The Balaban J connectivity index is 1.96. The number of pyridine rings is 2. The van der Waals surface area contributed by atoms with Gasteiger partial charge in [-0.2, -0.15) is 0 Å². The van der Waals surface area contributed by atoms with Crippen LogP contribution in [0.1, 0.15) is 32.1 Å². The molecule has 2 aromatic rings. The molecule has 3 rings (SSSR count). The van der Waals surface area contributed by atoms with Gasteiger partial charge >= 0.3 is 0 Å². The van der Waals surface area contributed by atoms with Crippen molar-refractivity contribution < 1.29 is 4.74 Å². The largest absolute Gasteiger partial charge is 0.487 e. The monoisotopic (exact) mass is 244 g/mol. The zero-order valence-electron chi connectivity index (χ0n) is 10.2. The molecule has 1 fully saturated rings. The summed E-state index contributed by atoms with van der Waals surface area (Å²) in [6, 6.07) is 3.54. The Hall–Kier alpha value is -1.84. The molecule has 0 spiro atoms. The fourth-order valence-electron chi connectivity index (χ4n) is 2.51. The molecule has 0 amide bonds. The molecular weight excluding hydrogens is 228 g/mol. The van der Waals surface area contributed by atoms with Gasteiger partial charge in [0.2, 0.25) is 0 Å². The van der Waals surface area contributed by atoms with Gasteiger partial charge in [0.05, 0.1) is 11.5 Å². The van der Waals surface area contributed by atoms with Gasteiger partial charge in [0.25, 0.3) is 5.56 Å². The zero-order chi connectivity index (χ0) is 12.4. The standard InChI is InChI=1S/C14H16N2O2/c17-14-11-7-4-8-15-13(11)12(9-16-14)18-10-5-2-1-3-6-10/h4,7-10H,1-3,5-6H2,(H,16,17). The second-order valence-electron chi connectivity index (χ2n) is 4.76. The van der Waals surface area contributed by atoms with Crippen molar-refractivity contribution in [3.05, 3.63) is 34.9 Å². The molecule has 1 N–H and O–H groups in total. The molecule has 1 aliphatic rings. The first-order valence-corrected chi connectivity index (χ1v) is 6.47. The van der Waals surface area contributed by atoms with Gasteiger partial charge in [0, 0.05) is 12.4 Å². The molecule has 0 aromatic carbocycles. The normalized spacial score (nSPS) is 16.9. The second kappa shape index (κ2) is 4.80. The van der Waals surface area contributed by atoms with Gasteiger partial charge in [-0.25, -0.2) is 0 Å². The average Bonchev–Trinajstić information content (AvgIpc) is 2.44. The van der Waals surface area contributed by atoms with E-state index in [-0.39, 0.29) is 11.7 Å². The van der Waals surface area contributed by atoms with Crippen LogP contribution in [0.4, 0.5) is 0 Å². The molecular formula is C14H16N2O2. The summed E-state index contributed by atoms with van der Waals surface area (Å²) in [7, 11) is 0. The maximum absolute atomic E-state index is 11.7. The summed E-state index contributed by atoms with van der Waals surface area (Å²) in [5, 5.41) is 0.589. The van der Waals surface area contributed by atoms with Gasteiger partial charge in [0.15, 0.2) is 5.75 Å². The fraction of sp³-hybridized carbons (Fsp3) is 0.429. The van der Waals surface area contributed by atoms with Crippen LogP contribution >= 0.6 is 0 Å². The van der Waals surface area contributed by atoms with Gasteiger partial charge in [-0.05, 0) is 37.8 Å². The number of nitrogens with one attached hydrogen (secondary N) is 1. The van der Waals surface area contributed by atoms with Crippen molar-refractivity contribution in [1.82, 2.24) is 9.97 Å². The number of rotatable bonds is 2. The zero-order valence-corrected chi connectivity index (χ0v) is 10.2. The van der Waals surface area contributed by atoms with Crippen molar-refractivity contribution in [2.24, 2.45) is 0 Å². The van der Waals surface area contributed by atoms with Crippen molar-refractivity contribution in [2.75, 3.05) is 0 Å². The molecule has 0 unspecified atom stereocenters. The van der Waals surface area contributed by atoms with Crippen LogP contribution in [0.15, 0.2) is 29.3 Å². The second-order valence-corrected chi connectivity index (χ2v) is 4.76. The van der Waals surface area contributed by atoms with E-state index in [0.29, 0.717) is 16.7 Å². The molecule has 0 bridgehead atoms. The summed E-state index contributed by atoms with van der Waals surface area (Å²) >= 11 is 0. The Bertz CT molecular complexity index is 600. The lowest BCUT2D eigenvalue weighted by molar-refractivity contribution is 0.156. The Morgan fingerprint density at radius 2 is 2.11 bits per heavy atom. The first-order chi connectivity index (χ1) is 8.84. The van der Waals surface area contributed by atoms with Crippen LogP contribution in [0.2, 0.25) is 0 Å². The Kier molecular flexibility index (Phi) is 3.00. The molecule has 4 nitrogen and oxygen atoms in total. The third-order valence-corrected chi connectivity index (χ3v) is 3.47. The summed E-state index contributed by atoms with van der Waals surface area (Å²) < 4.78 is 5.99.